The van der Waals surface area contributed by atoms with Crippen LogP contribution in [0.2, 0.25) is 0 Å². The molecule has 1 unspecified atom stereocenters. The molecule has 0 saturated heterocycles. The Labute approximate surface area is 133 Å². The van der Waals surface area contributed by atoms with Crippen molar-refractivity contribution in [3.63, 3.8) is 0 Å². The van der Waals surface area contributed by atoms with Crippen LogP contribution in [0.3, 0.4) is 0 Å². The van der Waals surface area contributed by atoms with E-state index >= 15 is 0 Å². The maximum Gasteiger partial charge on any atom is 0.205 e. The van der Waals surface area contributed by atoms with Crippen LogP contribution in [0.5, 0.6) is 0 Å². The first kappa shape index (κ1) is 15.2. The van der Waals surface area contributed by atoms with Crippen molar-refractivity contribution in [2.24, 2.45) is 5.41 Å². The Morgan fingerprint density at radius 3 is 2.73 bits per heavy atom. The van der Waals surface area contributed by atoms with Gasteiger partial charge in [0.1, 0.15) is 11.7 Å². The van der Waals surface area contributed by atoms with Crippen molar-refractivity contribution >= 4 is 22.9 Å². The molecular formula is C19H26N2O. The topological polar surface area (TPSA) is 28.4 Å². The first-order valence-electron chi connectivity index (χ1n) is 8.04. The van der Waals surface area contributed by atoms with Crippen LogP contribution >= 0.6 is 0 Å². The molecule has 0 amide bonds. The van der Waals surface area contributed by atoms with Crippen molar-refractivity contribution in [3.05, 3.63) is 35.9 Å². The average Bonchev–Trinajstić information content (AvgIpc) is 2.79. The third-order valence-electron chi connectivity index (χ3n) is 4.17. The fraction of sp³-hybridized carbons (Fsp3) is 0.474. The lowest BCUT2D eigenvalue weighted by Crippen LogP contribution is -2.48. The Balaban J connectivity index is 1.81. The summed E-state index contributed by atoms with van der Waals surface area (Å²) in [7, 11) is 2.09. The van der Waals surface area contributed by atoms with Gasteiger partial charge >= 0.3 is 0 Å². The van der Waals surface area contributed by atoms with Gasteiger partial charge in [-0.05, 0) is 37.0 Å². The third kappa shape index (κ3) is 2.91. The molecule has 1 aromatic carbocycles. The fourth-order valence-corrected chi connectivity index (χ4v) is 3.35. The quantitative estimate of drug-likeness (QED) is 0.895. The molecule has 0 fully saturated rings. The van der Waals surface area contributed by atoms with E-state index in [0.717, 1.165) is 17.9 Å². The number of fused-ring (bicyclic) bond motifs is 3. The van der Waals surface area contributed by atoms with Gasteiger partial charge in [-0.3, -0.25) is 5.32 Å². The smallest absolute Gasteiger partial charge is 0.205 e. The standard InChI is InChI=1S/C19H26N2O/c1-13(12-19(2,3)4)20-17-11-10-15-14-8-6-7-9-16(14)22-18(15)21(17)5/h6-11,13,17,20H,12H2,1-5H3/t13-,17?/m1/s1. The Morgan fingerprint density at radius 2 is 2.00 bits per heavy atom. The predicted molar refractivity (Wildman–Crippen MR) is 94.1 cm³/mol. The molecule has 1 N–H and O–H groups in total. The molecule has 0 spiro atoms. The number of anilines is 1. The lowest BCUT2D eigenvalue weighted by atomic mass is 9.88. The molecule has 0 aliphatic carbocycles. The molecule has 0 radical (unpaired) electrons. The van der Waals surface area contributed by atoms with Crippen molar-refractivity contribution in [2.45, 2.75) is 46.3 Å². The minimum absolute atomic E-state index is 0.172. The van der Waals surface area contributed by atoms with Crippen molar-refractivity contribution in [3.8, 4) is 0 Å². The number of hydrogen-bond donors (Lipinski definition) is 1. The van der Waals surface area contributed by atoms with Crippen LogP contribution in [0.25, 0.3) is 17.0 Å². The summed E-state index contributed by atoms with van der Waals surface area (Å²) >= 11 is 0. The van der Waals surface area contributed by atoms with Crippen LogP contribution < -0.4 is 10.2 Å². The van der Waals surface area contributed by atoms with Crippen LogP contribution in [0, 0.1) is 5.41 Å². The maximum absolute atomic E-state index is 6.05. The van der Waals surface area contributed by atoms with E-state index in [1.54, 1.807) is 0 Å². The zero-order valence-electron chi connectivity index (χ0n) is 14.2. The molecule has 1 aromatic heterocycles. The van der Waals surface area contributed by atoms with Gasteiger partial charge in [-0.25, -0.2) is 0 Å². The lowest BCUT2D eigenvalue weighted by molar-refractivity contribution is 0.308. The van der Waals surface area contributed by atoms with Gasteiger partial charge in [0, 0.05) is 24.0 Å². The summed E-state index contributed by atoms with van der Waals surface area (Å²) in [6.45, 7) is 9.09. The molecule has 3 nitrogen and oxygen atoms in total. The highest BCUT2D eigenvalue weighted by Gasteiger charge is 2.26. The van der Waals surface area contributed by atoms with Crippen LogP contribution in [0.15, 0.2) is 34.8 Å². The molecule has 0 bridgehead atoms. The molecule has 2 aromatic rings. The summed E-state index contributed by atoms with van der Waals surface area (Å²) in [6.07, 6.45) is 5.72. The summed E-state index contributed by atoms with van der Waals surface area (Å²) in [5.41, 5.74) is 2.46. The summed E-state index contributed by atoms with van der Waals surface area (Å²) in [5, 5.41) is 4.87. The van der Waals surface area contributed by atoms with Crippen LogP contribution in [0.1, 0.15) is 39.7 Å². The molecule has 118 valence electrons. The van der Waals surface area contributed by atoms with E-state index in [-0.39, 0.29) is 6.17 Å². The van der Waals surface area contributed by atoms with E-state index in [0.29, 0.717) is 11.5 Å². The largest absolute Gasteiger partial charge is 0.440 e. The number of rotatable bonds is 3. The number of benzene rings is 1. The van der Waals surface area contributed by atoms with Gasteiger partial charge in [0.2, 0.25) is 5.88 Å². The normalized spacial score (nSPS) is 19.5. The van der Waals surface area contributed by atoms with Crippen LogP contribution in [-0.4, -0.2) is 19.3 Å². The SMILES string of the molecule is C[C@H](CC(C)(C)C)NC1C=Cc2c(oc3ccccc23)N1C. The highest BCUT2D eigenvalue weighted by atomic mass is 16.4. The highest BCUT2D eigenvalue weighted by Crippen LogP contribution is 2.36. The van der Waals surface area contributed by atoms with E-state index in [4.69, 9.17) is 4.42 Å². The van der Waals surface area contributed by atoms with Gasteiger partial charge in [-0.1, -0.05) is 39.0 Å². The number of nitrogens with one attached hydrogen (secondary N) is 1. The zero-order chi connectivity index (χ0) is 15.9. The Bertz CT molecular complexity index is 693. The molecule has 2 heterocycles. The molecule has 2 atom stereocenters. The monoisotopic (exact) mass is 298 g/mol. The minimum Gasteiger partial charge on any atom is -0.440 e. The van der Waals surface area contributed by atoms with E-state index in [9.17, 15) is 0 Å². The second-order valence-corrected chi connectivity index (χ2v) is 7.56. The molecule has 3 rings (SSSR count). The predicted octanol–water partition coefficient (Wildman–Crippen LogP) is 4.64. The zero-order valence-corrected chi connectivity index (χ0v) is 14.2. The minimum atomic E-state index is 0.172. The molecule has 0 saturated carbocycles. The van der Waals surface area contributed by atoms with E-state index in [1.807, 2.05) is 12.1 Å². The summed E-state index contributed by atoms with van der Waals surface area (Å²) < 4.78 is 6.05. The van der Waals surface area contributed by atoms with Gasteiger partial charge in [0.15, 0.2) is 0 Å². The van der Waals surface area contributed by atoms with Gasteiger partial charge in [0.25, 0.3) is 0 Å². The number of hydrogen-bond acceptors (Lipinski definition) is 3. The average molecular weight is 298 g/mol. The van der Waals surface area contributed by atoms with Crippen LogP contribution in [-0.2, 0) is 0 Å². The number of nitrogens with zero attached hydrogens (tertiary/aromatic N) is 1. The maximum atomic E-state index is 6.05. The van der Waals surface area contributed by atoms with E-state index in [1.165, 1.54) is 10.9 Å². The van der Waals surface area contributed by atoms with Gasteiger partial charge < -0.3 is 9.32 Å². The third-order valence-corrected chi connectivity index (χ3v) is 4.17. The molecule has 1 aliphatic heterocycles. The first-order valence-corrected chi connectivity index (χ1v) is 8.04. The van der Waals surface area contributed by atoms with Crippen molar-refractivity contribution in [1.29, 1.82) is 0 Å². The number of furan rings is 1. The van der Waals surface area contributed by atoms with Crippen LogP contribution in [0.4, 0.5) is 5.88 Å². The summed E-state index contributed by atoms with van der Waals surface area (Å²) in [5.74, 6) is 0.948. The second kappa shape index (κ2) is 5.47. The summed E-state index contributed by atoms with van der Waals surface area (Å²) in [6, 6.07) is 8.67. The van der Waals surface area contributed by atoms with Crippen molar-refractivity contribution < 1.29 is 4.42 Å². The molecule has 22 heavy (non-hydrogen) atoms. The Morgan fingerprint density at radius 1 is 1.27 bits per heavy atom. The molecule has 1 aliphatic rings. The van der Waals surface area contributed by atoms with Gasteiger partial charge in [-0.2, -0.15) is 0 Å². The van der Waals surface area contributed by atoms with E-state index < -0.39 is 0 Å². The fourth-order valence-electron chi connectivity index (χ4n) is 3.35. The lowest BCUT2D eigenvalue weighted by Gasteiger charge is -2.34. The van der Waals surface area contributed by atoms with E-state index in [2.05, 4.69) is 69.2 Å². The summed E-state index contributed by atoms with van der Waals surface area (Å²) in [4.78, 5) is 2.19. The first-order chi connectivity index (χ1) is 10.3. The molecule has 3 heteroatoms. The Kier molecular flexibility index (Phi) is 3.77. The van der Waals surface area contributed by atoms with Crippen molar-refractivity contribution in [1.82, 2.24) is 5.32 Å². The van der Waals surface area contributed by atoms with Gasteiger partial charge in [-0.15, -0.1) is 0 Å². The second-order valence-electron chi connectivity index (χ2n) is 7.56. The number of para-hydroxylation sites is 1. The molecular weight excluding hydrogens is 272 g/mol. The Hall–Kier alpha value is -1.74. The highest BCUT2D eigenvalue weighted by molar-refractivity contribution is 5.94. The van der Waals surface area contributed by atoms with Gasteiger partial charge in [0.05, 0.1) is 0 Å². The number of likely N-dealkylation sites (N-methyl/N-ethyl adjacent to an activating group) is 1. The van der Waals surface area contributed by atoms with Crippen molar-refractivity contribution in [2.75, 3.05) is 11.9 Å².